The van der Waals surface area contributed by atoms with Gasteiger partial charge in [0.05, 0.1) is 28.4 Å². The average molecular weight is 378 g/mol. The van der Waals surface area contributed by atoms with Crippen molar-refractivity contribution in [1.29, 1.82) is 0 Å². The molecule has 0 unspecified atom stereocenters. The molecule has 0 atom stereocenters. The summed E-state index contributed by atoms with van der Waals surface area (Å²) in [6, 6.07) is 2.03. The van der Waals surface area contributed by atoms with Crippen LogP contribution in [0.1, 0.15) is 15.9 Å². The molecule has 1 aromatic carbocycles. The molecule has 0 spiro atoms. The third-order valence-electron chi connectivity index (χ3n) is 2.94. The van der Waals surface area contributed by atoms with E-state index in [9.17, 15) is 13.2 Å². The minimum Gasteiger partial charge on any atom is -0.478 e. The number of aryl methyl sites for hydroxylation is 1. The molecule has 0 saturated heterocycles. The molecule has 124 valence electrons. The van der Waals surface area contributed by atoms with E-state index < -0.39 is 16.0 Å². The van der Waals surface area contributed by atoms with Crippen molar-refractivity contribution in [3.8, 4) is 0 Å². The maximum absolute atomic E-state index is 12.3. The van der Waals surface area contributed by atoms with Gasteiger partial charge in [0.1, 0.15) is 4.90 Å². The van der Waals surface area contributed by atoms with Crippen LogP contribution in [-0.4, -0.2) is 35.8 Å². The fourth-order valence-corrected chi connectivity index (χ4v) is 3.73. The molecule has 7 nitrogen and oxygen atoms in total. The molecule has 23 heavy (non-hydrogen) atoms. The Kier molecular flexibility index (Phi) is 5.30. The predicted octanol–water partition coefficient (Wildman–Crippen LogP) is 2.18. The van der Waals surface area contributed by atoms with Crippen LogP contribution in [0.2, 0.25) is 10.0 Å². The summed E-state index contributed by atoms with van der Waals surface area (Å²) in [5.41, 5.74) is 0.624. The van der Waals surface area contributed by atoms with Crippen LogP contribution in [-0.2, 0) is 16.6 Å². The zero-order valence-corrected chi connectivity index (χ0v) is 14.3. The second-order valence-electron chi connectivity index (χ2n) is 4.75. The number of rotatable bonds is 6. The number of hydrogen-bond donors (Lipinski definition) is 2. The number of nitrogens with zero attached hydrogens (tertiary/aromatic N) is 2. The van der Waals surface area contributed by atoms with E-state index in [4.69, 9.17) is 28.3 Å². The molecule has 0 amide bonds. The maximum Gasteiger partial charge on any atom is 0.337 e. The lowest BCUT2D eigenvalue weighted by Crippen LogP contribution is -2.28. The number of carbonyl (C=O) groups is 1. The number of aromatic nitrogens is 2. The molecular formula is C13H13Cl2N3O4S. The van der Waals surface area contributed by atoms with E-state index in [0.29, 0.717) is 6.54 Å². The minimum atomic E-state index is -3.97. The summed E-state index contributed by atoms with van der Waals surface area (Å²) in [4.78, 5) is 10.7. The molecule has 2 aromatic rings. The van der Waals surface area contributed by atoms with Crippen LogP contribution >= 0.6 is 23.2 Å². The number of benzene rings is 1. The number of aromatic carboxylic acids is 1. The first-order valence-corrected chi connectivity index (χ1v) is 8.65. The Morgan fingerprint density at radius 2 is 2.04 bits per heavy atom. The smallest absolute Gasteiger partial charge is 0.337 e. The van der Waals surface area contributed by atoms with Gasteiger partial charge in [-0.05, 0) is 24.6 Å². The van der Waals surface area contributed by atoms with Crippen molar-refractivity contribution in [2.45, 2.75) is 18.4 Å². The molecule has 2 rings (SSSR count). The first kappa shape index (κ1) is 17.7. The van der Waals surface area contributed by atoms with Gasteiger partial charge in [-0.25, -0.2) is 17.9 Å². The lowest BCUT2D eigenvalue weighted by atomic mass is 10.2. The van der Waals surface area contributed by atoms with Gasteiger partial charge < -0.3 is 5.11 Å². The Morgan fingerprint density at radius 1 is 1.35 bits per heavy atom. The largest absolute Gasteiger partial charge is 0.478 e. The summed E-state index contributed by atoms with van der Waals surface area (Å²) in [6.07, 6.45) is 3.43. The van der Waals surface area contributed by atoms with E-state index in [1.165, 1.54) is 0 Å². The molecule has 0 aliphatic rings. The van der Waals surface area contributed by atoms with Crippen molar-refractivity contribution in [3.63, 3.8) is 0 Å². The summed E-state index contributed by atoms with van der Waals surface area (Å²) in [5.74, 6) is -1.34. The van der Waals surface area contributed by atoms with Crippen molar-refractivity contribution < 1.29 is 18.3 Å². The normalized spacial score (nSPS) is 11.6. The predicted molar refractivity (Wildman–Crippen MR) is 85.6 cm³/mol. The topological polar surface area (TPSA) is 101 Å². The number of hydrogen-bond acceptors (Lipinski definition) is 4. The fourth-order valence-electron chi connectivity index (χ4n) is 1.86. The maximum atomic E-state index is 12.3. The summed E-state index contributed by atoms with van der Waals surface area (Å²) in [6.45, 7) is 2.27. The second-order valence-corrected chi connectivity index (χ2v) is 7.30. The van der Waals surface area contributed by atoms with Crippen LogP contribution in [0, 0.1) is 6.92 Å². The highest BCUT2D eigenvalue weighted by Gasteiger charge is 2.22. The minimum absolute atomic E-state index is 0.0742. The molecule has 0 radical (unpaired) electrons. The van der Waals surface area contributed by atoms with Gasteiger partial charge in [0.2, 0.25) is 10.0 Å². The molecule has 10 heteroatoms. The van der Waals surface area contributed by atoms with E-state index in [2.05, 4.69) is 9.82 Å². The summed E-state index contributed by atoms with van der Waals surface area (Å²) >= 11 is 11.6. The summed E-state index contributed by atoms with van der Waals surface area (Å²) < 4.78 is 28.5. The van der Waals surface area contributed by atoms with Crippen LogP contribution in [0.15, 0.2) is 29.4 Å². The van der Waals surface area contributed by atoms with Crippen molar-refractivity contribution in [3.05, 3.63) is 45.7 Å². The van der Waals surface area contributed by atoms with Gasteiger partial charge in [0.15, 0.2) is 0 Å². The summed E-state index contributed by atoms with van der Waals surface area (Å²) in [5, 5.41) is 12.8. The third kappa shape index (κ3) is 4.23. The zero-order chi connectivity index (χ0) is 17.2. The monoisotopic (exact) mass is 377 g/mol. The lowest BCUT2D eigenvalue weighted by molar-refractivity contribution is 0.0697. The number of sulfonamides is 1. The molecule has 1 aromatic heterocycles. The van der Waals surface area contributed by atoms with Crippen LogP contribution in [0.4, 0.5) is 0 Å². The van der Waals surface area contributed by atoms with E-state index >= 15 is 0 Å². The highest BCUT2D eigenvalue weighted by atomic mass is 35.5. The van der Waals surface area contributed by atoms with Gasteiger partial charge in [-0.3, -0.25) is 4.68 Å². The highest BCUT2D eigenvalue weighted by molar-refractivity contribution is 7.89. The van der Waals surface area contributed by atoms with E-state index in [-0.39, 0.29) is 27.0 Å². The van der Waals surface area contributed by atoms with Crippen LogP contribution in [0.3, 0.4) is 0 Å². The van der Waals surface area contributed by atoms with E-state index in [1.807, 2.05) is 6.92 Å². The Bertz CT molecular complexity index is 849. The van der Waals surface area contributed by atoms with Gasteiger partial charge >= 0.3 is 5.97 Å². The molecule has 1 heterocycles. The number of halogens is 2. The number of nitrogens with one attached hydrogen (secondary N) is 1. The molecule has 0 saturated carbocycles. The van der Waals surface area contributed by atoms with Gasteiger partial charge in [-0.2, -0.15) is 5.10 Å². The van der Waals surface area contributed by atoms with Crippen molar-refractivity contribution >= 4 is 39.2 Å². The summed E-state index contributed by atoms with van der Waals surface area (Å²) in [7, 11) is -3.97. The first-order chi connectivity index (χ1) is 10.7. The molecular weight excluding hydrogens is 365 g/mol. The number of carboxylic acid groups (broad SMARTS) is 1. The van der Waals surface area contributed by atoms with Gasteiger partial charge in [-0.1, -0.05) is 23.2 Å². The van der Waals surface area contributed by atoms with Crippen molar-refractivity contribution in [1.82, 2.24) is 14.5 Å². The Morgan fingerprint density at radius 3 is 2.61 bits per heavy atom. The van der Waals surface area contributed by atoms with Crippen LogP contribution in [0.25, 0.3) is 0 Å². The lowest BCUT2D eigenvalue weighted by Gasteiger charge is -2.10. The number of carboxylic acids is 1. The SMILES string of the molecule is Cc1cnn(CCNS(=O)(=O)c2cc(C(=O)O)c(Cl)cc2Cl)c1. The average Bonchev–Trinajstić information content (AvgIpc) is 2.83. The zero-order valence-electron chi connectivity index (χ0n) is 12.0. The van der Waals surface area contributed by atoms with Gasteiger partial charge in [-0.15, -0.1) is 0 Å². The quantitative estimate of drug-likeness (QED) is 0.802. The van der Waals surface area contributed by atoms with E-state index in [0.717, 1.165) is 17.7 Å². The molecule has 0 bridgehead atoms. The van der Waals surface area contributed by atoms with Gasteiger partial charge in [0, 0.05) is 12.7 Å². The Labute approximate surface area is 142 Å². The molecule has 2 N–H and O–H groups in total. The molecule has 0 aliphatic heterocycles. The van der Waals surface area contributed by atoms with Crippen LogP contribution in [0.5, 0.6) is 0 Å². The van der Waals surface area contributed by atoms with Crippen molar-refractivity contribution in [2.75, 3.05) is 6.54 Å². The van der Waals surface area contributed by atoms with Gasteiger partial charge in [0.25, 0.3) is 0 Å². The van der Waals surface area contributed by atoms with E-state index in [1.54, 1.807) is 17.1 Å². The third-order valence-corrected chi connectivity index (χ3v) is 5.18. The Balaban J connectivity index is 2.18. The second kappa shape index (κ2) is 6.88. The molecule has 0 fully saturated rings. The fraction of sp³-hybridized carbons (Fsp3) is 0.231. The van der Waals surface area contributed by atoms with Crippen molar-refractivity contribution in [2.24, 2.45) is 0 Å². The molecule has 0 aliphatic carbocycles. The Hall–Kier alpha value is -1.61. The standard InChI is InChI=1S/C13H13Cl2N3O4S/c1-8-6-16-18(7-8)3-2-17-23(21,22)12-4-9(13(19)20)10(14)5-11(12)15/h4-7,17H,2-3H2,1H3,(H,19,20). The highest BCUT2D eigenvalue weighted by Crippen LogP contribution is 2.28. The van der Waals surface area contributed by atoms with Crippen LogP contribution < -0.4 is 4.72 Å². The first-order valence-electron chi connectivity index (χ1n) is 6.42.